The van der Waals surface area contributed by atoms with Crippen molar-refractivity contribution in [1.29, 1.82) is 0 Å². The average molecular weight is 565 g/mol. The fraction of sp³-hybridized carbons (Fsp3) is 0.0323. The third kappa shape index (κ3) is 5.75. The molecule has 0 aromatic heterocycles. The summed E-state index contributed by atoms with van der Waals surface area (Å²) in [6.07, 6.45) is 6.12. The summed E-state index contributed by atoms with van der Waals surface area (Å²) in [5, 5.41) is 0. The monoisotopic (exact) mass is 564 g/mol. The zero-order valence-corrected chi connectivity index (χ0v) is 21.7. The Kier molecular flexibility index (Phi) is 7.56. The Morgan fingerprint density at radius 2 is 0.976 bits per heavy atom. The van der Waals surface area contributed by atoms with Crippen molar-refractivity contribution < 1.29 is 43.0 Å². The van der Waals surface area contributed by atoms with Crippen LogP contribution in [0.1, 0.15) is 20.7 Å². The van der Waals surface area contributed by atoms with E-state index in [1.54, 1.807) is 0 Å². The van der Waals surface area contributed by atoms with E-state index in [1.165, 1.54) is 72.8 Å². The fourth-order valence-electron chi connectivity index (χ4n) is 4.04. The molecule has 4 amide bonds. The number of hydrogen-bond donors (Lipinski definition) is 0. The summed E-state index contributed by atoms with van der Waals surface area (Å²) in [6, 6.07) is 15.5. The maximum Gasteiger partial charge on any atom is 0.343 e. The molecule has 0 spiro atoms. The van der Waals surface area contributed by atoms with Crippen LogP contribution >= 0.6 is 0 Å². The van der Waals surface area contributed by atoms with Gasteiger partial charge in [-0.25, -0.2) is 19.4 Å². The van der Waals surface area contributed by atoms with E-state index in [2.05, 4.69) is 6.58 Å². The van der Waals surface area contributed by atoms with Crippen LogP contribution in [0.3, 0.4) is 0 Å². The van der Waals surface area contributed by atoms with Crippen LogP contribution in [0.25, 0.3) is 0 Å². The number of imide groups is 2. The van der Waals surface area contributed by atoms with Crippen molar-refractivity contribution in [2.45, 2.75) is 0 Å². The Hall–Kier alpha value is -6.10. The molecule has 2 heterocycles. The Morgan fingerprint density at radius 1 is 0.595 bits per heavy atom. The number of carbonyl (C=O) groups is 6. The minimum absolute atomic E-state index is 0.0180. The second-order valence-electron chi connectivity index (χ2n) is 8.80. The zero-order chi connectivity index (χ0) is 29.8. The average Bonchev–Trinajstić information content (AvgIpc) is 3.51. The molecule has 0 fully saturated rings. The first-order chi connectivity index (χ1) is 20.2. The molecule has 0 saturated heterocycles. The van der Waals surface area contributed by atoms with Gasteiger partial charge in [0.1, 0.15) is 23.9 Å². The largest absolute Gasteiger partial charge is 0.490 e. The third-order valence-electron chi connectivity index (χ3n) is 5.98. The number of carbonyl (C=O) groups excluding carboxylic acids is 6. The molecular weight excluding hydrogens is 544 g/mol. The molecular formula is C31H20N2O9. The molecule has 0 radical (unpaired) electrons. The number of rotatable bonds is 9. The number of amides is 4. The van der Waals surface area contributed by atoms with Gasteiger partial charge in [0.05, 0.1) is 22.5 Å². The van der Waals surface area contributed by atoms with Gasteiger partial charge in [0.15, 0.2) is 0 Å². The number of hydrogen-bond acceptors (Lipinski definition) is 9. The van der Waals surface area contributed by atoms with Crippen LogP contribution in [0.5, 0.6) is 17.2 Å². The highest BCUT2D eigenvalue weighted by atomic mass is 16.5. The van der Waals surface area contributed by atoms with E-state index in [4.69, 9.17) is 14.2 Å². The van der Waals surface area contributed by atoms with Crippen molar-refractivity contribution in [2.75, 3.05) is 16.4 Å². The first-order valence-corrected chi connectivity index (χ1v) is 12.4. The lowest BCUT2D eigenvalue weighted by molar-refractivity contribution is -0.121. The lowest BCUT2D eigenvalue weighted by Crippen LogP contribution is -2.29. The molecule has 2 aliphatic rings. The molecule has 0 saturated carbocycles. The molecule has 3 aromatic rings. The fourth-order valence-corrected chi connectivity index (χ4v) is 4.04. The lowest BCUT2D eigenvalue weighted by Gasteiger charge is -2.15. The normalized spacial score (nSPS) is 14.0. The first kappa shape index (κ1) is 27.5. The molecule has 2 aliphatic heterocycles. The van der Waals surface area contributed by atoms with E-state index < -0.39 is 35.6 Å². The second-order valence-corrected chi connectivity index (χ2v) is 8.80. The van der Waals surface area contributed by atoms with Gasteiger partial charge >= 0.3 is 11.9 Å². The summed E-state index contributed by atoms with van der Waals surface area (Å²) in [5.41, 5.74) is 0.581. The Balaban J connectivity index is 1.31. The molecule has 5 rings (SSSR count). The lowest BCUT2D eigenvalue weighted by atomic mass is 10.1. The van der Waals surface area contributed by atoms with Gasteiger partial charge in [-0.1, -0.05) is 12.7 Å². The van der Waals surface area contributed by atoms with Crippen molar-refractivity contribution in [3.63, 3.8) is 0 Å². The SMILES string of the molecule is C=CCOc1cc(C(=O)Oc2ccc(N3C(=O)C=CC3=O)cc2)cc(C(=O)Oc2ccc(N3C(=O)C=CC3=O)cc2)c1. The van der Waals surface area contributed by atoms with Gasteiger partial charge in [-0.3, -0.25) is 19.2 Å². The third-order valence-corrected chi connectivity index (χ3v) is 5.98. The van der Waals surface area contributed by atoms with E-state index in [1.807, 2.05) is 0 Å². The van der Waals surface area contributed by atoms with Gasteiger partial charge in [-0.15, -0.1) is 0 Å². The standard InChI is InChI=1S/C31H20N2O9/c1-2-15-40-25-17-19(30(38)41-23-7-3-21(4-8-23)32-26(34)11-12-27(32)35)16-20(18-25)31(39)42-24-9-5-22(6-10-24)33-28(36)13-14-29(33)37/h2-14,16-18H,1,15H2. The highest BCUT2D eigenvalue weighted by Gasteiger charge is 2.26. The van der Waals surface area contributed by atoms with Gasteiger partial charge in [0, 0.05) is 24.3 Å². The highest BCUT2D eigenvalue weighted by molar-refractivity contribution is 6.28. The molecule has 0 unspecified atom stereocenters. The summed E-state index contributed by atoms with van der Waals surface area (Å²) in [6.45, 7) is 3.68. The van der Waals surface area contributed by atoms with Crippen molar-refractivity contribution in [3.8, 4) is 17.2 Å². The summed E-state index contributed by atoms with van der Waals surface area (Å²) in [5.74, 6) is -3.11. The number of esters is 2. The van der Waals surface area contributed by atoms with Crippen molar-refractivity contribution in [2.24, 2.45) is 0 Å². The van der Waals surface area contributed by atoms with Gasteiger partial charge in [-0.2, -0.15) is 0 Å². The molecule has 208 valence electrons. The molecule has 0 aliphatic carbocycles. The topological polar surface area (TPSA) is 137 Å². The number of nitrogens with zero attached hydrogens (tertiary/aromatic N) is 2. The predicted octanol–water partition coefficient (Wildman–Crippen LogP) is 3.55. The molecule has 11 nitrogen and oxygen atoms in total. The minimum Gasteiger partial charge on any atom is -0.490 e. The molecule has 0 N–H and O–H groups in total. The molecule has 0 atom stereocenters. The van der Waals surface area contributed by atoms with Crippen LogP contribution < -0.4 is 24.0 Å². The zero-order valence-electron chi connectivity index (χ0n) is 21.7. The van der Waals surface area contributed by atoms with Crippen LogP contribution in [-0.2, 0) is 19.2 Å². The summed E-state index contributed by atoms with van der Waals surface area (Å²) in [4.78, 5) is 75.5. The Bertz CT molecular complexity index is 1550. The van der Waals surface area contributed by atoms with Crippen molar-refractivity contribution in [3.05, 3.63) is 115 Å². The van der Waals surface area contributed by atoms with Gasteiger partial charge in [-0.05, 0) is 66.7 Å². The van der Waals surface area contributed by atoms with Crippen molar-refractivity contribution >= 4 is 46.9 Å². The second kappa shape index (κ2) is 11.6. The van der Waals surface area contributed by atoms with Gasteiger partial charge in [0.25, 0.3) is 23.6 Å². The van der Waals surface area contributed by atoms with Crippen LogP contribution in [0.15, 0.2) is 104 Å². The molecule has 11 heteroatoms. The van der Waals surface area contributed by atoms with Gasteiger partial charge < -0.3 is 14.2 Å². The number of benzene rings is 3. The van der Waals surface area contributed by atoms with Gasteiger partial charge in [0.2, 0.25) is 0 Å². The van der Waals surface area contributed by atoms with Crippen LogP contribution in [0.4, 0.5) is 11.4 Å². The number of ether oxygens (including phenoxy) is 3. The van der Waals surface area contributed by atoms with E-state index in [0.717, 1.165) is 34.1 Å². The summed E-state index contributed by atoms with van der Waals surface area (Å²) >= 11 is 0. The predicted molar refractivity (Wildman–Crippen MR) is 148 cm³/mol. The maximum absolute atomic E-state index is 13.0. The van der Waals surface area contributed by atoms with Crippen molar-refractivity contribution in [1.82, 2.24) is 0 Å². The molecule has 0 bridgehead atoms. The van der Waals surface area contributed by atoms with E-state index in [-0.39, 0.29) is 35.0 Å². The summed E-state index contributed by atoms with van der Waals surface area (Å²) in [7, 11) is 0. The molecule has 42 heavy (non-hydrogen) atoms. The quantitative estimate of drug-likeness (QED) is 0.165. The van der Waals surface area contributed by atoms with Crippen LogP contribution in [-0.4, -0.2) is 42.2 Å². The molecule has 3 aromatic carbocycles. The highest BCUT2D eigenvalue weighted by Crippen LogP contribution is 2.26. The number of anilines is 2. The van der Waals surface area contributed by atoms with Crippen LogP contribution in [0.2, 0.25) is 0 Å². The van der Waals surface area contributed by atoms with E-state index in [0.29, 0.717) is 11.4 Å². The Labute approximate surface area is 238 Å². The minimum atomic E-state index is -0.811. The van der Waals surface area contributed by atoms with E-state index in [9.17, 15) is 28.8 Å². The smallest absolute Gasteiger partial charge is 0.343 e. The van der Waals surface area contributed by atoms with E-state index >= 15 is 0 Å². The first-order valence-electron chi connectivity index (χ1n) is 12.4. The van der Waals surface area contributed by atoms with Crippen LogP contribution in [0, 0.1) is 0 Å². The maximum atomic E-state index is 13.0. The summed E-state index contributed by atoms with van der Waals surface area (Å²) < 4.78 is 16.4. The Morgan fingerprint density at radius 3 is 1.33 bits per heavy atom.